The number of amides is 2. The normalized spacial score (nSPS) is 17.8. The van der Waals surface area contributed by atoms with E-state index in [-0.39, 0.29) is 18.2 Å². The number of hydrogen-bond donors (Lipinski definition) is 3. The molecule has 1 atom stereocenters. The molecule has 1 saturated heterocycles. The summed E-state index contributed by atoms with van der Waals surface area (Å²) in [6.07, 6.45) is 0.0915. The number of hydrogen-bond acceptors (Lipinski definition) is 5. The first-order valence-electron chi connectivity index (χ1n) is 8.24. The fourth-order valence-corrected chi connectivity index (χ4v) is 3.39. The molecule has 0 radical (unpaired) electrons. The van der Waals surface area contributed by atoms with Crippen molar-refractivity contribution in [1.82, 2.24) is 5.32 Å². The molecule has 1 fully saturated rings. The zero-order chi connectivity index (χ0) is 18.5. The van der Waals surface area contributed by atoms with E-state index in [4.69, 9.17) is 0 Å². The molecule has 0 unspecified atom stereocenters. The molecule has 1 heterocycles. The summed E-state index contributed by atoms with van der Waals surface area (Å²) in [5, 5.41) is 9.73. The standard InChI is InChI=1S/C19H20N4O2S/c1-12-8-9-13(2)15(10-12)20-17(24)11-16-18(25)21-19(26-16)23-22-14-6-4-3-5-7-14/h3-10,16,22H,11H2,1-2H3,(H,20,24)(H,21,23,25)/t16-/m1/s1. The second-order valence-corrected chi connectivity index (χ2v) is 7.25. The first kappa shape index (κ1) is 18.0. The topological polar surface area (TPSA) is 82.6 Å². The summed E-state index contributed by atoms with van der Waals surface area (Å²) in [5.41, 5.74) is 6.54. The number of carbonyl (C=O) groups excluding carboxylic acids is 2. The zero-order valence-corrected chi connectivity index (χ0v) is 15.4. The lowest BCUT2D eigenvalue weighted by Crippen LogP contribution is -2.28. The molecule has 2 aromatic rings. The van der Waals surface area contributed by atoms with Gasteiger partial charge in [-0.3, -0.25) is 15.0 Å². The van der Waals surface area contributed by atoms with Crippen molar-refractivity contribution in [1.29, 1.82) is 0 Å². The monoisotopic (exact) mass is 368 g/mol. The summed E-state index contributed by atoms with van der Waals surface area (Å²) < 4.78 is 0. The van der Waals surface area contributed by atoms with Crippen LogP contribution in [0.15, 0.2) is 53.6 Å². The lowest BCUT2D eigenvalue weighted by Gasteiger charge is -2.10. The third kappa shape index (κ3) is 4.64. The van der Waals surface area contributed by atoms with Crippen LogP contribution >= 0.6 is 11.8 Å². The van der Waals surface area contributed by atoms with Gasteiger partial charge in [-0.25, -0.2) is 0 Å². The molecule has 7 heteroatoms. The van der Waals surface area contributed by atoms with Crippen LogP contribution in [0.3, 0.4) is 0 Å². The summed E-state index contributed by atoms with van der Waals surface area (Å²) >= 11 is 1.25. The highest BCUT2D eigenvalue weighted by molar-refractivity contribution is 8.15. The van der Waals surface area contributed by atoms with Crippen LogP contribution in [-0.4, -0.2) is 22.2 Å². The van der Waals surface area contributed by atoms with E-state index in [0.717, 1.165) is 22.5 Å². The van der Waals surface area contributed by atoms with E-state index in [1.807, 2.05) is 62.4 Å². The molecule has 0 bridgehead atoms. The third-order valence-electron chi connectivity index (χ3n) is 3.87. The van der Waals surface area contributed by atoms with Crippen molar-refractivity contribution in [3.05, 3.63) is 59.7 Å². The molecule has 0 aromatic heterocycles. The molecule has 2 amide bonds. The lowest BCUT2D eigenvalue weighted by atomic mass is 10.1. The summed E-state index contributed by atoms with van der Waals surface area (Å²) in [5.74, 6) is -0.400. The minimum absolute atomic E-state index is 0.0915. The van der Waals surface area contributed by atoms with Gasteiger partial charge in [0.1, 0.15) is 5.25 Å². The Morgan fingerprint density at radius 3 is 2.73 bits per heavy atom. The predicted octanol–water partition coefficient (Wildman–Crippen LogP) is 3.25. The summed E-state index contributed by atoms with van der Waals surface area (Å²) in [6.45, 7) is 3.91. The zero-order valence-electron chi connectivity index (χ0n) is 14.6. The number of aryl methyl sites for hydroxylation is 2. The highest BCUT2D eigenvalue weighted by Gasteiger charge is 2.32. The second-order valence-electron chi connectivity index (χ2n) is 6.06. The molecule has 6 nitrogen and oxygen atoms in total. The summed E-state index contributed by atoms with van der Waals surface area (Å²) in [4.78, 5) is 24.4. The van der Waals surface area contributed by atoms with Gasteiger partial charge in [0.15, 0.2) is 5.17 Å². The summed E-state index contributed by atoms with van der Waals surface area (Å²) in [6, 6.07) is 15.3. The third-order valence-corrected chi connectivity index (χ3v) is 4.96. The number of para-hydroxylation sites is 1. The van der Waals surface area contributed by atoms with Gasteiger partial charge in [-0.15, -0.1) is 5.10 Å². The molecular weight excluding hydrogens is 348 g/mol. The fourth-order valence-electron chi connectivity index (χ4n) is 2.46. The van der Waals surface area contributed by atoms with Gasteiger partial charge in [0, 0.05) is 12.1 Å². The van der Waals surface area contributed by atoms with Crippen LogP contribution in [0.5, 0.6) is 0 Å². The van der Waals surface area contributed by atoms with E-state index in [0.29, 0.717) is 5.17 Å². The molecule has 1 aliphatic heterocycles. The van der Waals surface area contributed by atoms with Crippen LogP contribution in [0.1, 0.15) is 17.5 Å². The Labute approximate surface area is 156 Å². The number of nitrogens with zero attached hydrogens (tertiary/aromatic N) is 1. The van der Waals surface area contributed by atoms with Crippen LogP contribution in [0.4, 0.5) is 11.4 Å². The lowest BCUT2D eigenvalue weighted by molar-refractivity contribution is -0.122. The van der Waals surface area contributed by atoms with Crippen LogP contribution in [-0.2, 0) is 9.59 Å². The van der Waals surface area contributed by atoms with Gasteiger partial charge < -0.3 is 10.6 Å². The maximum Gasteiger partial charge on any atom is 0.240 e. The number of nitrogens with one attached hydrogen (secondary N) is 3. The Morgan fingerprint density at radius 2 is 1.96 bits per heavy atom. The molecular formula is C19H20N4O2S. The van der Waals surface area contributed by atoms with Crippen LogP contribution in [0.2, 0.25) is 0 Å². The molecule has 2 aromatic carbocycles. The van der Waals surface area contributed by atoms with E-state index in [9.17, 15) is 9.59 Å². The Kier molecular flexibility index (Phi) is 5.58. The predicted molar refractivity (Wildman–Crippen MR) is 106 cm³/mol. The van der Waals surface area contributed by atoms with E-state index in [1.54, 1.807) is 0 Å². The largest absolute Gasteiger partial charge is 0.326 e. The Morgan fingerprint density at radius 1 is 1.19 bits per heavy atom. The number of hydrazone groups is 1. The second kappa shape index (κ2) is 8.05. The van der Waals surface area contributed by atoms with E-state index >= 15 is 0 Å². The first-order valence-corrected chi connectivity index (χ1v) is 9.12. The van der Waals surface area contributed by atoms with Crippen molar-refractivity contribution in [3.63, 3.8) is 0 Å². The van der Waals surface area contributed by atoms with E-state index < -0.39 is 5.25 Å². The van der Waals surface area contributed by atoms with Gasteiger partial charge in [0.05, 0.1) is 5.69 Å². The highest BCUT2D eigenvalue weighted by atomic mass is 32.2. The van der Waals surface area contributed by atoms with Gasteiger partial charge in [0.25, 0.3) is 0 Å². The molecule has 0 aliphatic carbocycles. The smallest absolute Gasteiger partial charge is 0.240 e. The number of carbonyl (C=O) groups is 2. The van der Waals surface area contributed by atoms with Crippen LogP contribution < -0.4 is 16.1 Å². The number of benzene rings is 2. The fraction of sp³-hybridized carbons (Fsp3) is 0.211. The van der Waals surface area contributed by atoms with Gasteiger partial charge in [-0.2, -0.15) is 0 Å². The molecule has 3 rings (SSSR count). The van der Waals surface area contributed by atoms with E-state index in [1.165, 1.54) is 11.8 Å². The van der Waals surface area contributed by atoms with Crippen molar-refractivity contribution in [2.75, 3.05) is 10.7 Å². The minimum atomic E-state index is -0.489. The molecule has 26 heavy (non-hydrogen) atoms. The minimum Gasteiger partial charge on any atom is -0.326 e. The maximum atomic E-state index is 12.3. The summed E-state index contributed by atoms with van der Waals surface area (Å²) in [7, 11) is 0. The highest BCUT2D eigenvalue weighted by Crippen LogP contribution is 2.24. The number of anilines is 2. The average molecular weight is 368 g/mol. The number of amidine groups is 1. The Balaban J connectivity index is 1.57. The molecule has 3 N–H and O–H groups in total. The van der Waals surface area contributed by atoms with Crippen molar-refractivity contribution in [2.45, 2.75) is 25.5 Å². The van der Waals surface area contributed by atoms with Crippen LogP contribution in [0, 0.1) is 13.8 Å². The van der Waals surface area contributed by atoms with Crippen molar-refractivity contribution in [2.24, 2.45) is 5.10 Å². The molecule has 0 spiro atoms. The van der Waals surface area contributed by atoms with Crippen LogP contribution in [0.25, 0.3) is 0 Å². The van der Waals surface area contributed by atoms with Gasteiger partial charge in [-0.05, 0) is 43.2 Å². The number of thioether (sulfide) groups is 1. The Hall–Kier alpha value is -2.80. The van der Waals surface area contributed by atoms with Crippen molar-refractivity contribution < 1.29 is 9.59 Å². The van der Waals surface area contributed by atoms with Crippen molar-refractivity contribution in [3.8, 4) is 0 Å². The average Bonchev–Trinajstić information content (AvgIpc) is 2.97. The maximum absolute atomic E-state index is 12.3. The Bertz CT molecular complexity index is 852. The van der Waals surface area contributed by atoms with E-state index in [2.05, 4.69) is 21.2 Å². The molecule has 0 saturated carbocycles. The van der Waals surface area contributed by atoms with Gasteiger partial charge in [-0.1, -0.05) is 42.1 Å². The number of rotatable bonds is 5. The van der Waals surface area contributed by atoms with Crippen molar-refractivity contribution >= 4 is 40.1 Å². The quantitative estimate of drug-likeness (QED) is 0.708. The molecule has 1 aliphatic rings. The first-order chi connectivity index (χ1) is 12.5. The van der Waals surface area contributed by atoms with Gasteiger partial charge in [0.2, 0.25) is 11.8 Å². The van der Waals surface area contributed by atoms with Gasteiger partial charge >= 0.3 is 0 Å². The SMILES string of the molecule is Cc1ccc(C)c(NC(=O)C[C@H]2S/C(=N/Nc3ccccc3)NC2=O)c1. The molecule has 134 valence electrons.